The molecule has 0 aromatic carbocycles. The number of alkyl halides is 1. The van der Waals surface area contributed by atoms with Crippen LogP contribution in [-0.4, -0.2) is 45.2 Å². The van der Waals surface area contributed by atoms with Crippen molar-refractivity contribution in [3.8, 4) is 0 Å². The molecule has 0 aromatic heterocycles. The summed E-state index contributed by atoms with van der Waals surface area (Å²) in [5.41, 5.74) is -0.544. The number of ether oxygens (including phenoxy) is 2. The largest absolute Gasteiger partial charge is 0.460 e. The molecule has 2 aliphatic heterocycles. The van der Waals surface area contributed by atoms with Crippen molar-refractivity contribution in [2.24, 2.45) is 0 Å². The summed E-state index contributed by atoms with van der Waals surface area (Å²) in [6.45, 7) is 5.95. The molecule has 0 unspecified atom stereocenters. The van der Waals surface area contributed by atoms with Gasteiger partial charge < -0.3 is 9.47 Å². The normalized spacial score (nSPS) is 32.4. The minimum atomic E-state index is -0.544. The van der Waals surface area contributed by atoms with E-state index < -0.39 is 17.7 Å². The number of fused-ring (bicyclic) bond motifs is 2. The molecule has 0 aromatic rings. The monoisotopic (exact) mass is 353 g/mol. The van der Waals surface area contributed by atoms with Gasteiger partial charge in [0.2, 0.25) is 0 Å². The van der Waals surface area contributed by atoms with Crippen LogP contribution in [0.4, 0.5) is 4.79 Å². The average Bonchev–Trinajstić information content (AvgIpc) is 2.48. The van der Waals surface area contributed by atoms with E-state index in [-0.39, 0.29) is 16.0 Å². The second-order valence-corrected chi connectivity index (χ2v) is 6.98. The standard InChI is InChI=1S/C11H16INO4/c1-11(2,3)17-10(15)13-5-6(12)8-4-7(13)9(14)16-8/h6-8H,4-5H2,1-3H3/t6-,7-,8-/m0/s1. The van der Waals surface area contributed by atoms with E-state index in [0.717, 1.165) is 0 Å². The third-order valence-electron chi connectivity index (χ3n) is 2.77. The maximum atomic E-state index is 12.0. The summed E-state index contributed by atoms with van der Waals surface area (Å²) in [7, 11) is 0. The van der Waals surface area contributed by atoms with Gasteiger partial charge in [-0.3, -0.25) is 4.90 Å². The van der Waals surface area contributed by atoms with E-state index in [2.05, 4.69) is 22.6 Å². The van der Waals surface area contributed by atoms with Gasteiger partial charge in [-0.1, -0.05) is 22.6 Å². The number of hydrogen-bond acceptors (Lipinski definition) is 4. The Morgan fingerprint density at radius 2 is 2.18 bits per heavy atom. The van der Waals surface area contributed by atoms with Crippen molar-refractivity contribution in [1.29, 1.82) is 0 Å². The van der Waals surface area contributed by atoms with Gasteiger partial charge in [0.1, 0.15) is 17.7 Å². The third-order valence-corrected chi connectivity index (χ3v) is 3.97. The maximum absolute atomic E-state index is 12.0. The van der Waals surface area contributed by atoms with E-state index in [9.17, 15) is 9.59 Å². The summed E-state index contributed by atoms with van der Waals surface area (Å²) in [5, 5.41) is 0. The molecular formula is C11H16INO4. The molecule has 96 valence electrons. The second kappa shape index (κ2) is 4.29. The summed E-state index contributed by atoms with van der Waals surface area (Å²) in [6.07, 6.45) is 0.111. The molecule has 2 saturated heterocycles. The van der Waals surface area contributed by atoms with Crippen molar-refractivity contribution >= 4 is 34.7 Å². The summed E-state index contributed by atoms with van der Waals surface area (Å²) >= 11 is 2.21. The first-order valence-corrected chi connectivity index (χ1v) is 6.86. The number of nitrogens with zero attached hydrogens (tertiary/aromatic N) is 1. The van der Waals surface area contributed by atoms with Crippen LogP contribution >= 0.6 is 22.6 Å². The van der Waals surface area contributed by atoms with Gasteiger partial charge in [-0.25, -0.2) is 9.59 Å². The number of amides is 1. The lowest BCUT2D eigenvalue weighted by atomic mass is 10.0. The Hall–Kier alpha value is -0.530. The predicted octanol–water partition coefficient (Wildman–Crippen LogP) is 1.72. The van der Waals surface area contributed by atoms with Gasteiger partial charge in [0.25, 0.3) is 0 Å². The van der Waals surface area contributed by atoms with E-state index >= 15 is 0 Å². The van der Waals surface area contributed by atoms with E-state index in [1.54, 1.807) is 0 Å². The fourth-order valence-corrected chi connectivity index (χ4v) is 2.89. The lowest BCUT2D eigenvalue weighted by molar-refractivity contribution is -0.143. The molecule has 0 aliphatic carbocycles. The molecule has 0 saturated carbocycles. The first kappa shape index (κ1) is 12.9. The summed E-state index contributed by atoms with van der Waals surface area (Å²) in [5.74, 6) is -0.306. The Kier molecular flexibility index (Phi) is 3.26. The average molecular weight is 353 g/mol. The number of carbonyl (C=O) groups is 2. The lowest BCUT2D eigenvalue weighted by Crippen LogP contribution is -2.51. The van der Waals surface area contributed by atoms with Gasteiger partial charge in [-0.05, 0) is 20.8 Å². The van der Waals surface area contributed by atoms with Crippen LogP contribution in [0.5, 0.6) is 0 Å². The number of halogens is 1. The van der Waals surface area contributed by atoms with Gasteiger partial charge in [-0.2, -0.15) is 0 Å². The highest BCUT2D eigenvalue weighted by Gasteiger charge is 2.49. The van der Waals surface area contributed by atoms with Gasteiger partial charge in [0.15, 0.2) is 0 Å². The van der Waals surface area contributed by atoms with Gasteiger partial charge in [0, 0.05) is 13.0 Å². The molecule has 2 fully saturated rings. The molecule has 6 heteroatoms. The summed E-state index contributed by atoms with van der Waals surface area (Å²) in [4.78, 5) is 25.1. The molecule has 1 amide bonds. The smallest absolute Gasteiger partial charge is 0.411 e. The molecule has 2 rings (SSSR count). The van der Waals surface area contributed by atoms with Gasteiger partial charge >= 0.3 is 12.1 Å². The Balaban J connectivity index is 2.10. The van der Waals surface area contributed by atoms with Crippen LogP contribution in [0.2, 0.25) is 0 Å². The van der Waals surface area contributed by atoms with Crippen molar-refractivity contribution in [2.75, 3.05) is 6.54 Å². The number of rotatable bonds is 0. The highest BCUT2D eigenvalue weighted by atomic mass is 127. The van der Waals surface area contributed by atoms with Crippen molar-refractivity contribution in [3.63, 3.8) is 0 Å². The molecule has 2 bridgehead atoms. The second-order valence-electron chi connectivity index (χ2n) is 5.38. The van der Waals surface area contributed by atoms with E-state index in [1.807, 2.05) is 20.8 Å². The molecule has 17 heavy (non-hydrogen) atoms. The van der Waals surface area contributed by atoms with Crippen LogP contribution in [0.1, 0.15) is 27.2 Å². The number of likely N-dealkylation sites (tertiary alicyclic amines) is 1. The number of esters is 1. The molecule has 2 heterocycles. The topological polar surface area (TPSA) is 55.8 Å². The first-order chi connectivity index (χ1) is 7.78. The SMILES string of the molecule is CC(C)(C)OC(=O)N1C[C@H](I)[C@@H]2C[C@H]1C(=O)O2. The third kappa shape index (κ3) is 2.66. The summed E-state index contributed by atoms with van der Waals surface area (Å²) in [6, 6.07) is -0.458. The van der Waals surface area contributed by atoms with Gasteiger partial charge in [0.05, 0.1) is 3.92 Å². The van der Waals surface area contributed by atoms with Crippen molar-refractivity contribution in [1.82, 2.24) is 4.90 Å². The number of hydrogen-bond donors (Lipinski definition) is 0. The van der Waals surface area contributed by atoms with Crippen LogP contribution < -0.4 is 0 Å². The Morgan fingerprint density at radius 3 is 2.76 bits per heavy atom. The van der Waals surface area contributed by atoms with Crippen molar-refractivity contribution < 1.29 is 19.1 Å². The number of piperidine rings is 1. The minimum Gasteiger partial charge on any atom is -0.460 e. The molecule has 5 nitrogen and oxygen atoms in total. The Morgan fingerprint density at radius 1 is 1.53 bits per heavy atom. The van der Waals surface area contributed by atoms with Crippen molar-refractivity contribution in [2.45, 2.75) is 48.9 Å². The van der Waals surface area contributed by atoms with Gasteiger partial charge in [-0.15, -0.1) is 0 Å². The fraction of sp³-hybridized carbons (Fsp3) is 0.818. The molecule has 2 aliphatic rings. The first-order valence-electron chi connectivity index (χ1n) is 5.62. The molecule has 0 spiro atoms. The zero-order chi connectivity index (χ0) is 12.8. The van der Waals surface area contributed by atoms with E-state index in [0.29, 0.717) is 13.0 Å². The van der Waals surface area contributed by atoms with Crippen LogP contribution in [0.25, 0.3) is 0 Å². The Labute approximate surface area is 114 Å². The fourth-order valence-electron chi connectivity index (χ4n) is 2.02. The molecular weight excluding hydrogens is 337 g/mol. The van der Waals surface area contributed by atoms with Crippen LogP contribution in [-0.2, 0) is 14.3 Å². The van der Waals surface area contributed by atoms with E-state index in [4.69, 9.17) is 9.47 Å². The van der Waals surface area contributed by atoms with E-state index in [1.165, 1.54) is 4.90 Å². The highest BCUT2D eigenvalue weighted by molar-refractivity contribution is 14.1. The maximum Gasteiger partial charge on any atom is 0.411 e. The summed E-state index contributed by atoms with van der Waals surface area (Å²) < 4.78 is 10.7. The zero-order valence-electron chi connectivity index (χ0n) is 10.1. The Bertz CT molecular complexity index is 352. The quantitative estimate of drug-likeness (QED) is 0.378. The van der Waals surface area contributed by atoms with Crippen LogP contribution in [0.3, 0.4) is 0 Å². The predicted molar refractivity (Wildman–Crippen MR) is 69.0 cm³/mol. The van der Waals surface area contributed by atoms with Crippen molar-refractivity contribution in [3.05, 3.63) is 0 Å². The lowest BCUT2D eigenvalue weighted by Gasteiger charge is -2.34. The minimum absolute atomic E-state index is 0.0493. The molecule has 3 atom stereocenters. The molecule has 0 radical (unpaired) electrons. The molecule has 0 N–H and O–H groups in total. The number of carbonyl (C=O) groups excluding carboxylic acids is 2. The van der Waals surface area contributed by atoms with Crippen LogP contribution in [0.15, 0.2) is 0 Å². The highest BCUT2D eigenvalue weighted by Crippen LogP contribution is 2.33. The zero-order valence-corrected chi connectivity index (χ0v) is 12.3. The van der Waals surface area contributed by atoms with Crippen LogP contribution in [0, 0.1) is 0 Å².